The number of ether oxygens (including phenoxy) is 1. The van der Waals surface area contributed by atoms with E-state index in [0.29, 0.717) is 11.9 Å². The molecule has 2 saturated heterocycles. The van der Waals surface area contributed by atoms with Gasteiger partial charge in [-0.1, -0.05) is 0 Å². The van der Waals surface area contributed by atoms with Gasteiger partial charge in [0.15, 0.2) is 0 Å². The lowest BCUT2D eigenvalue weighted by Crippen LogP contribution is -2.49. The second kappa shape index (κ2) is 5.64. The van der Waals surface area contributed by atoms with Crippen molar-refractivity contribution < 1.29 is 9.53 Å². The predicted molar refractivity (Wildman–Crippen MR) is 62.2 cm³/mol. The van der Waals surface area contributed by atoms with Gasteiger partial charge in [0.2, 0.25) is 5.91 Å². The van der Waals surface area contributed by atoms with Crippen LogP contribution in [0.3, 0.4) is 0 Å². The Labute approximate surface area is 97.3 Å². The van der Waals surface area contributed by atoms with Crippen LogP contribution >= 0.6 is 0 Å². The molecule has 1 N–H and O–H groups in total. The van der Waals surface area contributed by atoms with Crippen LogP contribution in [0.25, 0.3) is 0 Å². The molecule has 0 radical (unpaired) electrons. The molecule has 2 rings (SSSR count). The van der Waals surface area contributed by atoms with Crippen LogP contribution < -0.4 is 5.32 Å². The highest BCUT2D eigenvalue weighted by Gasteiger charge is 2.28. The average Bonchev–Trinajstić information content (AvgIpc) is 2.39. The maximum atomic E-state index is 12.2. The first-order valence-corrected chi connectivity index (χ1v) is 6.34. The van der Waals surface area contributed by atoms with E-state index in [-0.39, 0.29) is 5.92 Å². The Kier molecular flexibility index (Phi) is 4.18. The lowest BCUT2D eigenvalue weighted by atomic mass is 9.97. The Morgan fingerprint density at radius 2 is 2.06 bits per heavy atom. The van der Waals surface area contributed by atoms with Gasteiger partial charge in [0.25, 0.3) is 0 Å². The zero-order valence-corrected chi connectivity index (χ0v) is 10.1. The van der Waals surface area contributed by atoms with Crippen molar-refractivity contribution in [2.75, 3.05) is 33.4 Å². The number of rotatable bonds is 2. The minimum Gasteiger partial charge on any atom is -0.381 e. The first kappa shape index (κ1) is 11.9. The fraction of sp³-hybridized carbons (Fsp3) is 0.917. The fourth-order valence-electron chi connectivity index (χ4n) is 2.58. The standard InChI is InChI=1S/C12H22N2O2/c1-14(11-3-2-6-13-9-11)12(15)10-4-7-16-8-5-10/h10-11,13H,2-9H2,1H3/t11-/m1/s1. The monoisotopic (exact) mass is 226 g/mol. The Morgan fingerprint density at radius 3 is 2.69 bits per heavy atom. The number of nitrogens with one attached hydrogen (secondary N) is 1. The molecule has 0 aromatic heterocycles. The van der Waals surface area contributed by atoms with E-state index < -0.39 is 0 Å². The number of hydrogen-bond acceptors (Lipinski definition) is 3. The average molecular weight is 226 g/mol. The van der Waals surface area contributed by atoms with Gasteiger partial charge in [-0.15, -0.1) is 0 Å². The maximum absolute atomic E-state index is 12.2. The molecule has 0 unspecified atom stereocenters. The summed E-state index contributed by atoms with van der Waals surface area (Å²) in [6.07, 6.45) is 4.10. The number of amides is 1. The van der Waals surface area contributed by atoms with E-state index in [4.69, 9.17) is 4.74 Å². The van der Waals surface area contributed by atoms with Crippen LogP contribution in [-0.4, -0.2) is 50.2 Å². The van der Waals surface area contributed by atoms with Gasteiger partial charge < -0.3 is 15.0 Å². The predicted octanol–water partition coefficient (Wildman–Crippen LogP) is 0.623. The SMILES string of the molecule is CN(C(=O)C1CCOCC1)[C@@H]1CCCNC1. The summed E-state index contributed by atoms with van der Waals surface area (Å²) >= 11 is 0. The fourth-order valence-corrected chi connectivity index (χ4v) is 2.58. The minimum atomic E-state index is 0.195. The summed E-state index contributed by atoms with van der Waals surface area (Å²) in [4.78, 5) is 14.2. The van der Waals surface area contributed by atoms with Crippen LogP contribution in [0.4, 0.5) is 0 Å². The van der Waals surface area contributed by atoms with Crippen molar-refractivity contribution in [1.82, 2.24) is 10.2 Å². The zero-order chi connectivity index (χ0) is 11.4. The lowest BCUT2D eigenvalue weighted by molar-refractivity contribution is -0.139. The van der Waals surface area contributed by atoms with E-state index in [1.165, 1.54) is 6.42 Å². The number of piperidine rings is 1. The van der Waals surface area contributed by atoms with E-state index in [9.17, 15) is 4.79 Å². The van der Waals surface area contributed by atoms with Crippen LogP contribution in [-0.2, 0) is 9.53 Å². The summed E-state index contributed by atoms with van der Waals surface area (Å²) in [5, 5.41) is 3.35. The Hall–Kier alpha value is -0.610. The molecule has 1 amide bonds. The molecule has 16 heavy (non-hydrogen) atoms. The molecule has 2 aliphatic rings. The number of likely N-dealkylation sites (N-methyl/N-ethyl adjacent to an activating group) is 1. The molecule has 4 heteroatoms. The number of carbonyl (C=O) groups is 1. The second-order valence-electron chi connectivity index (χ2n) is 4.84. The van der Waals surface area contributed by atoms with Gasteiger partial charge >= 0.3 is 0 Å². The van der Waals surface area contributed by atoms with Crippen molar-refractivity contribution in [2.24, 2.45) is 5.92 Å². The van der Waals surface area contributed by atoms with E-state index in [1.54, 1.807) is 0 Å². The summed E-state index contributed by atoms with van der Waals surface area (Å²) in [6.45, 7) is 3.53. The quantitative estimate of drug-likeness (QED) is 0.750. The van der Waals surface area contributed by atoms with E-state index >= 15 is 0 Å². The number of carbonyl (C=O) groups excluding carboxylic acids is 1. The molecular weight excluding hydrogens is 204 g/mol. The van der Waals surface area contributed by atoms with Gasteiger partial charge in [-0.3, -0.25) is 4.79 Å². The molecular formula is C12H22N2O2. The van der Waals surface area contributed by atoms with E-state index in [0.717, 1.165) is 45.6 Å². The number of nitrogens with zero attached hydrogens (tertiary/aromatic N) is 1. The smallest absolute Gasteiger partial charge is 0.225 e. The lowest BCUT2D eigenvalue weighted by Gasteiger charge is -2.35. The second-order valence-corrected chi connectivity index (χ2v) is 4.84. The minimum absolute atomic E-state index is 0.195. The van der Waals surface area contributed by atoms with E-state index in [2.05, 4.69) is 5.32 Å². The first-order chi connectivity index (χ1) is 7.79. The molecule has 0 aromatic rings. The summed E-state index contributed by atoms with van der Waals surface area (Å²) in [5.74, 6) is 0.512. The molecule has 2 heterocycles. The Morgan fingerprint density at radius 1 is 1.31 bits per heavy atom. The third-order valence-corrected chi connectivity index (χ3v) is 3.74. The van der Waals surface area contributed by atoms with Gasteiger partial charge in [-0.05, 0) is 32.2 Å². The third kappa shape index (κ3) is 2.74. The third-order valence-electron chi connectivity index (χ3n) is 3.74. The maximum Gasteiger partial charge on any atom is 0.225 e. The van der Waals surface area contributed by atoms with Gasteiger partial charge in [0, 0.05) is 38.8 Å². The van der Waals surface area contributed by atoms with Crippen LogP contribution in [0, 0.1) is 5.92 Å². The summed E-state index contributed by atoms with van der Waals surface area (Å²) < 4.78 is 5.29. The van der Waals surface area contributed by atoms with Crippen LogP contribution in [0.15, 0.2) is 0 Å². The number of hydrogen-bond donors (Lipinski definition) is 1. The molecule has 0 bridgehead atoms. The van der Waals surface area contributed by atoms with Crippen molar-refractivity contribution in [1.29, 1.82) is 0 Å². The summed E-state index contributed by atoms with van der Waals surface area (Å²) in [7, 11) is 1.95. The van der Waals surface area contributed by atoms with Crippen LogP contribution in [0.5, 0.6) is 0 Å². The van der Waals surface area contributed by atoms with E-state index in [1.807, 2.05) is 11.9 Å². The molecule has 0 spiro atoms. The summed E-state index contributed by atoms with van der Waals surface area (Å²) in [5.41, 5.74) is 0. The molecule has 1 atom stereocenters. The van der Waals surface area contributed by atoms with Gasteiger partial charge in [0.05, 0.1) is 0 Å². The topological polar surface area (TPSA) is 41.6 Å². The molecule has 2 fully saturated rings. The van der Waals surface area contributed by atoms with Crippen molar-refractivity contribution in [2.45, 2.75) is 31.7 Å². The highest BCUT2D eigenvalue weighted by atomic mass is 16.5. The van der Waals surface area contributed by atoms with Crippen molar-refractivity contribution in [3.8, 4) is 0 Å². The van der Waals surface area contributed by atoms with Gasteiger partial charge in [-0.2, -0.15) is 0 Å². The Bertz CT molecular complexity index is 233. The molecule has 0 aliphatic carbocycles. The van der Waals surface area contributed by atoms with Crippen molar-refractivity contribution >= 4 is 5.91 Å². The highest BCUT2D eigenvalue weighted by Crippen LogP contribution is 2.19. The zero-order valence-electron chi connectivity index (χ0n) is 10.1. The highest BCUT2D eigenvalue weighted by molar-refractivity contribution is 5.79. The van der Waals surface area contributed by atoms with Crippen molar-refractivity contribution in [3.63, 3.8) is 0 Å². The molecule has 0 aromatic carbocycles. The Balaban J connectivity index is 1.86. The van der Waals surface area contributed by atoms with Crippen LogP contribution in [0.2, 0.25) is 0 Å². The normalized spacial score (nSPS) is 27.7. The van der Waals surface area contributed by atoms with Gasteiger partial charge in [-0.25, -0.2) is 0 Å². The van der Waals surface area contributed by atoms with Crippen LogP contribution in [0.1, 0.15) is 25.7 Å². The first-order valence-electron chi connectivity index (χ1n) is 6.34. The van der Waals surface area contributed by atoms with Crippen molar-refractivity contribution in [3.05, 3.63) is 0 Å². The largest absolute Gasteiger partial charge is 0.381 e. The molecule has 0 saturated carbocycles. The molecule has 4 nitrogen and oxygen atoms in total. The summed E-state index contributed by atoms with van der Waals surface area (Å²) in [6, 6.07) is 0.393. The molecule has 2 aliphatic heterocycles. The van der Waals surface area contributed by atoms with Gasteiger partial charge in [0.1, 0.15) is 0 Å². The molecule has 92 valence electrons.